The van der Waals surface area contributed by atoms with Gasteiger partial charge < -0.3 is 15.1 Å². The molecule has 2 fully saturated rings. The maximum absolute atomic E-state index is 13.3. The topological polar surface area (TPSA) is 52.7 Å². The molecule has 5 nitrogen and oxygen atoms in total. The second-order valence-electron chi connectivity index (χ2n) is 7.45. The van der Waals surface area contributed by atoms with E-state index in [9.17, 15) is 9.59 Å². The van der Waals surface area contributed by atoms with Gasteiger partial charge in [-0.1, -0.05) is 24.4 Å². The summed E-state index contributed by atoms with van der Waals surface area (Å²) in [5, 5.41) is 3.68. The van der Waals surface area contributed by atoms with E-state index in [1.807, 2.05) is 19.0 Å². The minimum Gasteiger partial charge on any atom is -0.343 e. The first-order chi connectivity index (χ1) is 12.5. The fourth-order valence-electron chi connectivity index (χ4n) is 4.36. The van der Waals surface area contributed by atoms with Crippen LogP contribution in [-0.2, 0) is 4.79 Å². The Kier molecular flexibility index (Phi) is 7.95. The van der Waals surface area contributed by atoms with Gasteiger partial charge in [-0.25, -0.2) is 0 Å². The molecule has 3 rings (SSSR count). The molecule has 7 heteroatoms. The molecule has 2 aliphatic rings. The number of hydrogen-bond acceptors (Lipinski definition) is 3. The van der Waals surface area contributed by atoms with Gasteiger partial charge in [0.2, 0.25) is 5.91 Å². The number of carbonyl (C=O) groups is 2. The van der Waals surface area contributed by atoms with Gasteiger partial charge in [-0.15, -0.1) is 12.4 Å². The molecule has 27 heavy (non-hydrogen) atoms. The van der Waals surface area contributed by atoms with E-state index < -0.39 is 0 Å². The Balaban J connectivity index is 0.00000261. The fraction of sp³-hybridized carbons (Fsp3) is 0.600. The van der Waals surface area contributed by atoms with Crippen molar-refractivity contribution < 1.29 is 9.59 Å². The number of halogens is 2. The van der Waals surface area contributed by atoms with Gasteiger partial charge in [0.05, 0.1) is 0 Å². The molecule has 1 aliphatic heterocycles. The number of likely N-dealkylation sites (N-methyl/N-ethyl adjacent to an activating group) is 2. The number of hydrogen-bond donors (Lipinski definition) is 1. The number of rotatable bonds is 5. The maximum Gasteiger partial charge on any atom is 0.254 e. The molecule has 3 unspecified atom stereocenters. The highest BCUT2D eigenvalue weighted by atomic mass is 35.5. The quantitative estimate of drug-likeness (QED) is 0.805. The zero-order valence-electron chi connectivity index (χ0n) is 16.0. The molecule has 1 saturated heterocycles. The molecule has 1 heterocycles. The minimum absolute atomic E-state index is 0. The molecule has 1 saturated carbocycles. The smallest absolute Gasteiger partial charge is 0.254 e. The highest BCUT2D eigenvalue weighted by molar-refractivity contribution is 6.30. The van der Waals surface area contributed by atoms with Crippen LogP contribution in [0.1, 0.15) is 42.5 Å². The Morgan fingerprint density at radius 2 is 1.89 bits per heavy atom. The lowest BCUT2D eigenvalue weighted by atomic mass is 9.84. The number of benzene rings is 1. The average Bonchev–Trinajstić information content (AvgIpc) is 3.05. The molecule has 0 spiro atoms. The van der Waals surface area contributed by atoms with E-state index in [4.69, 9.17) is 11.6 Å². The first-order valence-corrected chi connectivity index (χ1v) is 9.88. The van der Waals surface area contributed by atoms with Crippen LogP contribution in [0, 0.1) is 5.92 Å². The zero-order valence-corrected chi connectivity index (χ0v) is 17.6. The van der Waals surface area contributed by atoms with Crippen molar-refractivity contribution in [1.29, 1.82) is 0 Å². The van der Waals surface area contributed by atoms with E-state index in [1.165, 1.54) is 6.42 Å². The maximum atomic E-state index is 13.3. The number of amides is 2. The SMILES string of the molecule is CNCCN(C)C(=O)C1CC2CCCCC2N1C(=O)c1ccc(Cl)cc1.Cl. The van der Waals surface area contributed by atoms with Crippen LogP contribution in [0.4, 0.5) is 0 Å². The van der Waals surface area contributed by atoms with Crippen molar-refractivity contribution in [2.75, 3.05) is 27.2 Å². The van der Waals surface area contributed by atoms with Gasteiger partial charge in [0, 0.05) is 36.8 Å². The minimum atomic E-state index is -0.354. The summed E-state index contributed by atoms with van der Waals surface area (Å²) in [5.41, 5.74) is 0.608. The largest absolute Gasteiger partial charge is 0.343 e. The van der Waals surface area contributed by atoms with Gasteiger partial charge in [-0.2, -0.15) is 0 Å². The number of likely N-dealkylation sites (tertiary alicyclic amines) is 1. The Labute approximate surface area is 172 Å². The van der Waals surface area contributed by atoms with Crippen molar-refractivity contribution in [1.82, 2.24) is 15.1 Å². The molecule has 150 valence electrons. The highest BCUT2D eigenvalue weighted by Gasteiger charge is 2.48. The number of fused-ring (bicyclic) bond motifs is 1. The predicted molar refractivity (Wildman–Crippen MR) is 111 cm³/mol. The Morgan fingerprint density at radius 1 is 1.22 bits per heavy atom. The van der Waals surface area contributed by atoms with Crippen molar-refractivity contribution in [3.8, 4) is 0 Å². The number of carbonyl (C=O) groups excluding carboxylic acids is 2. The van der Waals surface area contributed by atoms with E-state index >= 15 is 0 Å². The van der Waals surface area contributed by atoms with E-state index in [2.05, 4.69) is 5.32 Å². The van der Waals surface area contributed by atoms with Crippen molar-refractivity contribution in [2.45, 2.75) is 44.2 Å². The lowest BCUT2D eigenvalue weighted by Crippen LogP contribution is -2.50. The van der Waals surface area contributed by atoms with Crippen molar-refractivity contribution in [3.63, 3.8) is 0 Å². The third-order valence-electron chi connectivity index (χ3n) is 5.77. The van der Waals surface area contributed by atoms with Crippen LogP contribution >= 0.6 is 24.0 Å². The normalized spacial score (nSPS) is 24.1. The first-order valence-electron chi connectivity index (χ1n) is 9.50. The second-order valence-corrected chi connectivity index (χ2v) is 7.88. The third-order valence-corrected chi connectivity index (χ3v) is 6.02. The molecule has 1 aliphatic carbocycles. The lowest BCUT2D eigenvalue weighted by Gasteiger charge is -2.34. The zero-order chi connectivity index (χ0) is 18.7. The average molecular weight is 414 g/mol. The van der Waals surface area contributed by atoms with Crippen molar-refractivity contribution in [2.24, 2.45) is 5.92 Å². The summed E-state index contributed by atoms with van der Waals surface area (Å²) in [4.78, 5) is 30.0. The summed E-state index contributed by atoms with van der Waals surface area (Å²) in [6, 6.07) is 6.81. The molecular weight excluding hydrogens is 385 g/mol. The van der Waals surface area contributed by atoms with Crippen LogP contribution < -0.4 is 5.32 Å². The summed E-state index contributed by atoms with van der Waals surface area (Å²) in [6.45, 7) is 1.39. The van der Waals surface area contributed by atoms with Crippen LogP contribution in [-0.4, -0.2) is 60.9 Å². The molecule has 1 N–H and O–H groups in total. The Bertz CT molecular complexity index is 653. The third kappa shape index (κ3) is 4.76. The second kappa shape index (κ2) is 9.76. The van der Waals surface area contributed by atoms with E-state index in [0.29, 0.717) is 23.0 Å². The molecule has 1 aromatic rings. The summed E-state index contributed by atoms with van der Waals surface area (Å²) in [6.07, 6.45) is 5.21. The standard InChI is InChI=1S/C20H28ClN3O2.ClH/c1-22-11-12-23(2)20(26)18-13-15-5-3-4-6-17(15)24(18)19(25)14-7-9-16(21)10-8-14;/h7-10,15,17-18,22H,3-6,11-13H2,1-2H3;1H. The van der Waals surface area contributed by atoms with Crippen molar-refractivity contribution in [3.05, 3.63) is 34.9 Å². The van der Waals surface area contributed by atoms with Gasteiger partial charge in [0.25, 0.3) is 5.91 Å². The molecule has 0 radical (unpaired) electrons. The van der Waals surface area contributed by atoms with Gasteiger partial charge in [0.15, 0.2) is 0 Å². The lowest BCUT2D eigenvalue weighted by molar-refractivity contribution is -0.134. The Morgan fingerprint density at radius 3 is 2.56 bits per heavy atom. The molecule has 1 aromatic carbocycles. The van der Waals surface area contributed by atoms with Crippen molar-refractivity contribution >= 4 is 35.8 Å². The van der Waals surface area contributed by atoms with Crippen LogP contribution in [0.25, 0.3) is 0 Å². The van der Waals surface area contributed by atoms with E-state index in [0.717, 1.165) is 32.2 Å². The molecule has 2 amide bonds. The van der Waals surface area contributed by atoms with Crippen LogP contribution in [0.15, 0.2) is 24.3 Å². The van der Waals surface area contributed by atoms with Crippen LogP contribution in [0.3, 0.4) is 0 Å². The Hall–Kier alpha value is -1.30. The molecule has 0 aromatic heterocycles. The molecular formula is C20H29Cl2N3O2. The number of nitrogens with one attached hydrogen (secondary N) is 1. The highest BCUT2D eigenvalue weighted by Crippen LogP contribution is 2.41. The van der Waals surface area contributed by atoms with Gasteiger partial charge in [-0.05, 0) is 56.5 Å². The number of nitrogens with zero attached hydrogens (tertiary/aromatic N) is 2. The summed E-state index contributed by atoms with van der Waals surface area (Å²) in [5.74, 6) is 0.444. The first kappa shape index (κ1) is 22.0. The van der Waals surface area contributed by atoms with Crippen LogP contribution in [0.2, 0.25) is 5.02 Å². The molecule has 3 atom stereocenters. The van der Waals surface area contributed by atoms with E-state index in [1.54, 1.807) is 29.2 Å². The summed E-state index contributed by atoms with van der Waals surface area (Å²) < 4.78 is 0. The molecule has 0 bridgehead atoms. The summed E-state index contributed by atoms with van der Waals surface area (Å²) >= 11 is 5.96. The van der Waals surface area contributed by atoms with Crippen LogP contribution in [0.5, 0.6) is 0 Å². The summed E-state index contributed by atoms with van der Waals surface area (Å²) in [7, 11) is 3.70. The van der Waals surface area contributed by atoms with Gasteiger partial charge >= 0.3 is 0 Å². The predicted octanol–water partition coefficient (Wildman–Crippen LogP) is 3.21. The fourth-order valence-corrected chi connectivity index (χ4v) is 4.48. The van der Waals surface area contributed by atoms with Gasteiger partial charge in [-0.3, -0.25) is 9.59 Å². The van der Waals surface area contributed by atoms with E-state index in [-0.39, 0.29) is 36.3 Å². The van der Waals surface area contributed by atoms with Gasteiger partial charge in [0.1, 0.15) is 6.04 Å². The monoisotopic (exact) mass is 413 g/mol.